The summed E-state index contributed by atoms with van der Waals surface area (Å²) in [5.74, 6) is -1.68. The molecule has 0 spiro atoms. The van der Waals surface area contributed by atoms with Crippen molar-refractivity contribution in [3.63, 3.8) is 0 Å². The molecule has 1 aromatic heterocycles. The number of aromatic nitrogens is 1. The molecule has 0 radical (unpaired) electrons. The molecule has 1 heterocycles. The number of anilines is 1. The van der Waals surface area contributed by atoms with Crippen LogP contribution in [0.1, 0.15) is 62.3 Å². The van der Waals surface area contributed by atoms with Crippen molar-refractivity contribution in [3.05, 3.63) is 70.9 Å². The van der Waals surface area contributed by atoms with E-state index in [4.69, 9.17) is 0 Å². The van der Waals surface area contributed by atoms with Gasteiger partial charge in [-0.2, -0.15) is 0 Å². The number of pyridine rings is 1. The number of hydrogen-bond donors (Lipinski definition) is 2. The van der Waals surface area contributed by atoms with Gasteiger partial charge in [-0.05, 0) is 55.8 Å². The molecule has 0 unspecified atom stereocenters. The fourth-order valence-corrected chi connectivity index (χ4v) is 3.24. The molecule has 0 fully saturated rings. The van der Waals surface area contributed by atoms with Crippen LogP contribution in [0.3, 0.4) is 0 Å². The molecule has 0 saturated carbocycles. The first-order valence-electron chi connectivity index (χ1n) is 10.0. The lowest BCUT2D eigenvalue weighted by atomic mass is 9.91. The zero-order chi connectivity index (χ0) is 22.1. The van der Waals surface area contributed by atoms with E-state index in [0.29, 0.717) is 17.7 Å². The van der Waals surface area contributed by atoms with Gasteiger partial charge in [-0.15, -0.1) is 12.4 Å². The van der Waals surface area contributed by atoms with Crippen molar-refractivity contribution in [2.24, 2.45) is 0 Å². The van der Waals surface area contributed by atoms with Gasteiger partial charge >= 0.3 is 0 Å². The predicted molar refractivity (Wildman–Crippen MR) is 124 cm³/mol. The Labute approximate surface area is 187 Å². The van der Waals surface area contributed by atoms with Gasteiger partial charge in [0.05, 0.1) is 11.6 Å². The molecule has 166 valence electrons. The second kappa shape index (κ2) is 9.60. The molecule has 0 aliphatic carbocycles. The fourth-order valence-electron chi connectivity index (χ4n) is 3.24. The van der Waals surface area contributed by atoms with Crippen LogP contribution in [-0.4, -0.2) is 17.4 Å². The topological polar surface area (TPSA) is 54.0 Å². The first-order valence-corrected chi connectivity index (χ1v) is 10.0. The molecule has 3 aromatic rings. The van der Waals surface area contributed by atoms with E-state index in [1.807, 2.05) is 18.2 Å². The van der Waals surface area contributed by atoms with Crippen molar-refractivity contribution >= 4 is 34.9 Å². The van der Waals surface area contributed by atoms with Crippen molar-refractivity contribution in [1.29, 1.82) is 0 Å². The number of carbonyl (C=O) groups is 1. The average Bonchev–Trinajstić information content (AvgIpc) is 2.68. The third-order valence-electron chi connectivity index (χ3n) is 4.99. The summed E-state index contributed by atoms with van der Waals surface area (Å²) in [5, 5.41) is 6.33. The molecule has 1 amide bonds. The van der Waals surface area contributed by atoms with Crippen LogP contribution < -0.4 is 10.6 Å². The number of amides is 1. The molecule has 4 nitrogen and oxygen atoms in total. The standard InChI is InChI=1S/C24H27F2N3O.ClH/c1-6-27-22-18(25)12-17(13-19(22)26)14(2)28-23(30)16-7-9-20-15(11-16)8-10-21(29-20)24(3,4)5;/h7-14,27H,6H2,1-5H3,(H,28,30);1H/t14-;/m1./s1. The van der Waals surface area contributed by atoms with Gasteiger partial charge in [-0.3, -0.25) is 9.78 Å². The van der Waals surface area contributed by atoms with Gasteiger partial charge in [-0.25, -0.2) is 8.78 Å². The second-order valence-corrected chi connectivity index (χ2v) is 8.44. The minimum Gasteiger partial charge on any atom is -0.381 e. The first-order chi connectivity index (χ1) is 14.1. The Morgan fingerprint density at radius 2 is 1.71 bits per heavy atom. The summed E-state index contributed by atoms with van der Waals surface area (Å²) in [5.41, 5.74) is 2.39. The number of hydrogen-bond acceptors (Lipinski definition) is 3. The molecule has 0 saturated heterocycles. The van der Waals surface area contributed by atoms with Crippen LogP contribution in [0, 0.1) is 11.6 Å². The highest BCUT2D eigenvalue weighted by Crippen LogP contribution is 2.26. The van der Waals surface area contributed by atoms with Gasteiger partial charge in [0.25, 0.3) is 5.91 Å². The molecular formula is C24H28ClF2N3O. The normalized spacial score (nSPS) is 12.2. The number of carbonyl (C=O) groups excluding carboxylic acids is 1. The molecular weight excluding hydrogens is 420 g/mol. The highest BCUT2D eigenvalue weighted by molar-refractivity contribution is 5.98. The van der Waals surface area contributed by atoms with Crippen LogP contribution >= 0.6 is 12.4 Å². The third-order valence-corrected chi connectivity index (χ3v) is 4.99. The quantitative estimate of drug-likeness (QED) is 0.492. The Bertz CT molecular complexity index is 1070. The summed E-state index contributed by atoms with van der Waals surface area (Å²) in [6.07, 6.45) is 0. The van der Waals surface area contributed by atoms with E-state index < -0.39 is 17.7 Å². The van der Waals surface area contributed by atoms with Crippen molar-refractivity contribution in [2.75, 3.05) is 11.9 Å². The summed E-state index contributed by atoms with van der Waals surface area (Å²) >= 11 is 0. The molecule has 0 aliphatic heterocycles. The number of benzene rings is 2. The SMILES string of the molecule is CCNc1c(F)cc([C@@H](C)NC(=O)c2ccc3nc(C(C)(C)C)ccc3c2)cc1F.Cl. The first kappa shape index (κ1) is 24.5. The van der Waals surface area contributed by atoms with E-state index in [-0.39, 0.29) is 29.4 Å². The number of halogens is 3. The fraction of sp³-hybridized carbons (Fsp3) is 0.333. The molecule has 2 N–H and O–H groups in total. The largest absolute Gasteiger partial charge is 0.381 e. The maximum absolute atomic E-state index is 14.2. The minimum absolute atomic E-state index is 0. The summed E-state index contributed by atoms with van der Waals surface area (Å²) in [6, 6.07) is 11.1. The summed E-state index contributed by atoms with van der Waals surface area (Å²) in [6.45, 7) is 10.2. The van der Waals surface area contributed by atoms with E-state index in [9.17, 15) is 13.6 Å². The van der Waals surface area contributed by atoms with Crippen molar-refractivity contribution in [3.8, 4) is 0 Å². The van der Waals surface area contributed by atoms with Crippen LogP contribution in [0.2, 0.25) is 0 Å². The van der Waals surface area contributed by atoms with Gasteiger partial charge < -0.3 is 10.6 Å². The van der Waals surface area contributed by atoms with Gasteiger partial charge in [0.2, 0.25) is 0 Å². The zero-order valence-corrected chi connectivity index (χ0v) is 19.2. The van der Waals surface area contributed by atoms with Crippen molar-refractivity contribution < 1.29 is 13.6 Å². The smallest absolute Gasteiger partial charge is 0.251 e. The Hall–Kier alpha value is -2.73. The number of nitrogens with one attached hydrogen (secondary N) is 2. The summed E-state index contributed by atoms with van der Waals surface area (Å²) in [4.78, 5) is 17.4. The van der Waals surface area contributed by atoms with Gasteiger partial charge in [-0.1, -0.05) is 26.8 Å². The average molecular weight is 448 g/mol. The molecule has 0 aliphatic rings. The Morgan fingerprint density at radius 1 is 1.06 bits per heavy atom. The van der Waals surface area contributed by atoms with E-state index in [1.54, 1.807) is 26.0 Å². The number of rotatable bonds is 5. The second-order valence-electron chi connectivity index (χ2n) is 8.44. The van der Waals surface area contributed by atoms with E-state index >= 15 is 0 Å². The Balaban J connectivity index is 0.00000341. The van der Waals surface area contributed by atoms with Crippen LogP contribution in [0.4, 0.5) is 14.5 Å². The van der Waals surface area contributed by atoms with Crippen molar-refractivity contribution in [1.82, 2.24) is 10.3 Å². The highest BCUT2D eigenvalue weighted by Gasteiger charge is 2.18. The highest BCUT2D eigenvalue weighted by atomic mass is 35.5. The van der Waals surface area contributed by atoms with Crippen molar-refractivity contribution in [2.45, 2.75) is 46.1 Å². The van der Waals surface area contributed by atoms with Gasteiger partial charge in [0.15, 0.2) is 0 Å². The molecule has 7 heteroatoms. The van der Waals surface area contributed by atoms with Gasteiger partial charge in [0, 0.05) is 28.6 Å². The lowest BCUT2D eigenvalue weighted by molar-refractivity contribution is 0.0940. The summed E-state index contributed by atoms with van der Waals surface area (Å²) < 4.78 is 28.4. The van der Waals surface area contributed by atoms with Gasteiger partial charge in [0.1, 0.15) is 17.3 Å². The maximum Gasteiger partial charge on any atom is 0.251 e. The number of nitrogens with zero attached hydrogens (tertiary/aromatic N) is 1. The van der Waals surface area contributed by atoms with E-state index in [0.717, 1.165) is 16.6 Å². The summed E-state index contributed by atoms with van der Waals surface area (Å²) in [7, 11) is 0. The number of fused-ring (bicyclic) bond motifs is 1. The molecule has 1 atom stereocenters. The molecule has 2 aromatic carbocycles. The molecule has 0 bridgehead atoms. The lowest BCUT2D eigenvalue weighted by Crippen LogP contribution is -2.27. The Morgan fingerprint density at radius 3 is 2.29 bits per heavy atom. The van der Waals surface area contributed by atoms with Crippen LogP contribution in [0.5, 0.6) is 0 Å². The molecule has 3 rings (SSSR count). The monoisotopic (exact) mass is 447 g/mol. The van der Waals surface area contributed by atoms with Crippen LogP contribution in [0.25, 0.3) is 10.9 Å². The Kier molecular flexibility index (Phi) is 7.60. The minimum atomic E-state index is -0.681. The lowest BCUT2D eigenvalue weighted by Gasteiger charge is -2.18. The van der Waals surface area contributed by atoms with Crippen LogP contribution in [0.15, 0.2) is 42.5 Å². The molecule has 31 heavy (non-hydrogen) atoms. The predicted octanol–water partition coefficient (Wildman–Crippen LogP) is 6.16. The van der Waals surface area contributed by atoms with E-state index in [2.05, 4.69) is 36.4 Å². The van der Waals surface area contributed by atoms with E-state index in [1.165, 1.54) is 12.1 Å². The third kappa shape index (κ3) is 5.50. The van der Waals surface area contributed by atoms with Crippen LogP contribution in [-0.2, 0) is 5.41 Å². The maximum atomic E-state index is 14.2. The zero-order valence-electron chi connectivity index (χ0n) is 18.3.